The molecule has 0 aliphatic carbocycles. The lowest BCUT2D eigenvalue weighted by Crippen LogP contribution is -2.16. The van der Waals surface area contributed by atoms with E-state index in [1.54, 1.807) is 0 Å². The molecule has 12 heteroatoms. The fourth-order valence-corrected chi connectivity index (χ4v) is 3.05. The molecule has 0 aliphatic rings. The van der Waals surface area contributed by atoms with E-state index in [0.29, 0.717) is 0 Å². The monoisotopic (exact) mass is 506 g/mol. The Balaban J connectivity index is 2.02. The molecule has 4 nitrogen and oxygen atoms in total. The average molecular weight is 507 g/mol. The summed E-state index contributed by atoms with van der Waals surface area (Å²) in [5.41, 5.74) is -4.83. The number of alkyl halides is 6. The molecule has 1 N–H and O–H groups in total. The first-order valence-corrected chi connectivity index (χ1v) is 9.39. The van der Waals surface area contributed by atoms with E-state index >= 15 is 4.39 Å². The Morgan fingerprint density at radius 3 is 1.79 bits per heavy atom. The van der Waals surface area contributed by atoms with Crippen LogP contribution in [-0.2, 0) is 12.4 Å². The van der Waals surface area contributed by atoms with E-state index in [1.165, 1.54) is 24.3 Å². The van der Waals surface area contributed by atoms with Gasteiger partial charge in [0.15, 0.2) is 11.6 Å². The van der Waals surface area contributed by atoms with Gasteiger partial charge in [-0.25, -0.2) is 14.0 Å². The van der Waals surface area contributed by atoms with Gasteiger partial charge in [-0.3, -0.25) is 0 Å². The summed E-state index contributed by atoms with van der Waals surface area (Å²) in [7, 11) is 0. The van der Waals surface area contributed by atoms with Crippen molar-refractivity contribution in [3.05, 3.63) is 87.7 Å². The average Bonchev–Trinajstić information content (AvgIpc) is 2.75. The number of hydrogen-bond acceptors (Lipinski definition) is 3. The number of rotatable bonds is 4. The summed E-state index contributed by atoms with van der Waals surface area (Å²) < 4.78 is 98.0. The lowest BCUT2D eigenvalue weighted by atomic mass is 10.0. The number of hydrogen-bond donors (Lipinski definition) is 1. The predicted molar refractivity (Wildman–Crippen MR) is 105 cm³/mol. The molecule has 3 rings (SSSR count). The Kier molecular flexibility index (Phi) is 6.61. The molecule has 3 aromatic carbocycles. The predicted octanol–water partition coefficient (Wildman–Crippen LogP) is 7.10. The van der Waals surface area contributed by atoms with Gasteiger partial charge in [-0.2, -0.15) is 26.3 Å². The smallest absolute Gasteiger partial charge is 0.416 e. The minimum atomic E-state index is -5.21. The normalized spacial score (nSPS) is 11.9. The van der Waals surface area contributed by atoms with Gasteiger partial charge in [-0.05, 0) is 48.0 Å². The Morgan fingerprint density at radius 1 is 0.794 bits per heavy atom. The van der Waals surface area contributed by atoms with E-state index in [2.05, 4.69) is 0 Å². The van der Waals surface area contributed by atoms with E-state index in [0.717, 1.165) is 12.1 Å². The summed E-state index contributed by atoms with van der Waals surface area (Å²) in [6, 6.07) is 7.16. The Hall–Kier alpha value is -3.60. The van der Waals surface area contributed by atoms with E-state index < -0.39 is 57.6 Å². The Labute approximate surface area is 191 Å². The fraction of sp³-hybridized carbons (Fsp3) is 0.0909. The zero-order valence-corrected chi connectivity index (χ0v) is 17.1. The van der Waals surface area contributed by atoms with Gasteiger partial charge in [-0.1, -0.05) is 23.7 Å². The van der Waals surface area contributed by atoms with Crippen molar-refractivity contribution in [2.75, 3.05) is 0 Å². The second kappa shape index (κ2) is 8.98. The van der Waals surface area contributed by atoms with Gasteiger partial charge in [-0.15, -0.1) is 0 Å². The first kappa shape index (κ1) is 25.0. The molecule has 0 radical (unpaired) electrons. The van der Waals surface area contributed by atoms with Gasteiger partial charge in [0, 0.05) is 5.56 Å². The van der Waals surface area contributed by atoms with Crippen LogP contribution in [-0.4, -0.2) is 17.0 Å². The van der Waals surface area contributed by atoms with Crippen LogP contribution in [0.4, 0.5) is 30.7 Å². The molecule has 0 spiro atoms. The molecule has 0 saturated carbocycles. The van der Waals surface area contributed by atoms with Crippen LogP contribution in [0.3, 0.4) is 0 Å². The third-order valence-electron chi connectivity index (χ3n) is 4.51. The molecule has 0 atom stereocenters. The number of halogens is 8. The molecule has 178 valence electrons. The third-order valence-corrected chi connectivity index (χ3v) is 4.81. The topological polar surface area (TPSA) is 63.6 Å². The molecule has 0 aliphatic heterocycles. The maximum Gasteiger partial charge on any atom is 0.416 e. The molecule has 0 saturated heterocycles. The molecule has 3 aromatic rings. The van der Waals surface area contributed by atoms with E-state index in [1.807, 2.05) is 0 Å². The first-order valence-electron chi connectivity index (χ1n) is 9.02. The van der Waals surface area contributed by atoms with Gasteiger partial charge >= 0.3 is 24.3 Å². The van der Waals surface area contributed by atoms with Crippen LogP contribution >= 0.6 is 11.6 Å². The van der Waals surface area contributed by atoms with Crippen LogP contribution in [0, 0.1) is 5.82 Å². The highest BCUT2D eigenvalue weighted by Crippen LogP contribution is 2.38. The van der Waals surface area contributed by atoms with Crippen LogP contribution < -0.4 is 4.74 Å². The number of esters is 1. The zero-order chi connectivity index (χ0) is 25.4. The molecule has 0 aromatic heterocycles. The number of carbonyl (C=O) groups is 2. The second-order valence-corrected chi connectivity index (χ2v) is 7.21. The fourth-order valence-electron chi connectivity index (χ4n) is 2.87. The van der Waals surface area contributed by atoms with Crippen molar-refractivity contribution in [2.24, 2.45) is 0 Å². The molecule has 0 amide bonds. The van der Waals surface area contributed by atoms with Gasteiger partial charge in [0.05, 0.1) is 27.3 Å². The van der Waals surface area contributed by atoms with Crippen LogP contribution in [0.2, 0.25) is 5.02 Å². The van der Waals surface area contributed by atoms with Crippen LogP contribution in [0.25, 0.3) is 11.1 Å². The summed E-state index contributed by atoms with van der Waals surface area (Å²) in [6.07, 6.45) is -10.4. The lowest BCUT2D eigenvalue weighted by Gasteiger charge is -2.15. The van der Waals surface area contributed by atoms with Gasteiger partial charge < -0.3 is 9.84 Å². The molecule has 0 unspecified atom stereocenters. The van der Waals surface area contributed by atoms with E-state index in [4.69, 9.17) is 21.4 Å². The third kappa shape index (κ3) is 5.30. The minimum absolute atomic E-state index is 0.102. The SMILES string of the molecule is O=C(O)c1ccc(-c2ccc(Cl)c(OC(=O)c3cc(C(F)(F)F)cc(C(F)(F)F)c3)c2F)cc1. The molecule has 0 fully saturated rings. The van der Waals surface area contributed by atoms with Crippen molar-refractivity contribution >= 4 is 23.5 Å². The van der Waals surface area contributed by atoms with Crippen LogP contribution in [0.15, 0.2) is 54.6 Å². The summed E-state index contributed by atoms with van der Waals surface area (Å²) in [4.78, 5) is 23.3. The van der Waals surface area contributed by atoms with Crippen LogP contribution in [0.1, 0.15) is 31.8 Å². The summed E-state index contributed by atoms with van der Waals surface area (Å²) in [6.45, 7) is 0. The second-order valence-electron chi connectivity index (χ2n) is 6.80. The van der Waals surface area contributed by atoms with Gasteiger partial charge in [0.25, 0.3) is 0 Å². The van der Waals surface area contributed by atoms with Crippen molar-refractivity contribution in [3.63, 3.8) is 0 Å². The van der Waals surface area contributed by atoms with Crippen molar-refractivity contribution in [2.45, 2.75) is 12.4 Å². The molecule has 34 heavy (non-hydrogen) atoms. The maximum atomic E-state index is 15.1. The molecular weight excluding hydrogens is 497 g/mol. The van der Waals surface area contributed by atoms with Gasteiger partial charge in [0.2, 0.25) is 0 Å². The van der Waals surface area contributed by atoms with Crippen molar-refractivity contribution in [1.29, 1.82) is 0 Å². The number of carboxylic acid groups (broad SMARTS) is 1. The van der Waals surface area contributed by atoms with E-state index in [-0.39, 0.29) is 34.9 Å². The maximum absolute atomic E-state index is 15.1. The highest BCUT2D eigenvalue weighted by atomic mass is 35.5. The number of carboxylic acids is 1. The quantitative estimate of drug-likeness (QED) is 0.233. The molecule has 0 bridgehead atoms. The van der Waals surface area contributed by atoms with Crippen molar-refractivity contribution in [1.82, 2.24) is 0 Å². The summed E-state index contributed by atoms with van der Waals surface area (Å²) >= 11 is 5.84. The van der Waals surface area contributed by atoms with Crippen molar-refractivity contribution < 1.29 is 50.2 Å². The van der Waals surface area contributed by atoms with Crippen molar-refractivity contribution in [3.8, 4) is 16.9 Å². The minimum Gasteiger partial charge on any atom is -0.478 e. The number of carbonyl (C=O) groups excluding carboxylic acids is 1. The molecular formula is C22H10ClF7O4. The summed E-state index contributed by atoms with van der Waals surface area (Å²) in [5.74, 6) is -5.13. The first-order chi connectivity index (χ1) is 15.7. The summed E-state index contributed by atoms with van der Waals surface area (Å²) in [5, 5.41) is 8.45. The highest BCUT2D eigenvalue weighted by molar-refractivity contribution is 6.32. The zero-order valence-electron chi connectivity index (χ0n) is 16.4. The number of ether oxygens (including phenoxy) is 1. The largest absolute Gasteiger partial charge is 0.478 e. The Bertz CT molecular complexity index is 1230. The van der Waals surface area contributed by atoms with Crippen LogP contribution in [0.5, 0.6) is 5.75 Å². The highest BCUT2D eigenvalue weighted by Gasteiger charge is 2.38. The molecule has 0 heterocycles. The lowest BCUT2D eigenvalue weighted by molar-refractivity contribution is -0.143. The standard InChI is InChI=1S/C22H10ClF7O4/c23-16-6-5-15(10-1-3-11(4-2-10)19(31)32)17(24)18(16)34-20(33)12-7-13(21(25,26)27)9-14(8-12)22(28,29)30/h1-9H,(H,31,32). The van der Waals surface area contributed by atoms with Gasteiger partial charge in [0.1, 0.15) is 0 Å². The van der Waals surface area contributed by atoms with E-state index in [9.17, 15) is 35.9 Å². The number of aromatic carboxylic acids is 1. The Morgan fingerprint density at radius 2 is 1.32 bits per heavy atom. The number of benzene rings is 3.